The van der Waals surface area contributed by atoms with Gasteiger partial charge in [0.05, 0.1) is 0 Å². The molecule has 3 aliphatic heterocycles. The zero-order chi connectivity index (χ0) is 28.3. The van der Waals surface area contributed by atoms with Gasteiger partial charge in [0.25, 0.3) is 0 Å². The second-order valence-electron chi connectivity index (χ2n) is 11.0. The van der Waals surface area contributed by atoms with Crippen molar-refractivity contribution in [2.24, 2.45) is 0 Å². The minimum absolute atomic E-state index is 0. The van der Waals surface area contributed by atoms with Crippen LogP contribution in [0.2, 0.25) is 0 Å². The zero-order valence-electron chi connectivity index (χ0n) is 23.5. The molecule has 0 fully saturated rings. The molecule has 0 radical (unpaired) electrons. The first-order valence-electron chi connectivity index (χ1n) is 14.5. The molecule has 0 atom stereocenters. The molecule has 5 aromatic carbocycles. The number of benzene rings is 5. The number of para-hydroxylation sites is 1. The largest absolute Gasteiger partial charge is 0.500 e. The first-order valence-corrected chi connectivity index (χ1v) is 14.5. The van der Waals surface area contributed by atoms with Crippen molar-refractivity contribution in [1.29, 1.82) is 0 Å². The van der Waals surface area contributed by atoms with E-state index in [2.05, 4.69) is 148 Å². The topological polar surface area (TPSA) is 22.6 Å². The molecule has 0 saturated heterocycles. The first kappa shape index (κ1) is 26.7. The van der Waals surface area contributed by atoms with Gasteiger partial charge in [-0.2, -0.15) is 6.07 Å². The maximum atomic E-state index is 4.64. The van der Waals surface area contributed by atoms with Crippen LogP contribution in [-0.2, 0) is 21.1 Å². The predicted molar refractivity (Wildman–Crippen MR) is 177 cm³/mol. The molecule has 1 aromatic heterocycles. The Labute approximate surface area is 272 Å². The number of nitrogens with zero attached hydrogens (tertiary/aromatic N) is 4. The van der Waals surface area contributed by atoms with Crippen LogP contribution >= 0.6 is 0 Å². The average Bonchev–Trinajstić information content (AvgIpc) is 3.59. The molecule has 0 unspecified atom stereocenters. The first-order chi connectivity index (χ1) is 21.3. The van der Waals surface area contributed by atoms with Crippen LogP contribution in [0.5, 0.6) is 0 Å². The van der Waals surface area contributed by atoms with E-state index in [1.807, 2.05) is 30.5 Å². The Balaban J connectivity index is 0.00000289. The van der Waals surface area contributed by atoms with Gasteiger partial charge in [-0.3, -0.25) is 0 Å². The molecule has 0 N–H and O–H groups in total. The van der Waals surface area contributed by atoms with Crippen LogP contribution in [0.1, 0.15) is 0 Å². The van der Waals surface area contributed by atoms with E-state index in [-0.39, 0.29) is 27.9 Å². The van der Waals surface area contributed by atoms with Gasteiger partial charge in [0, 0.05) is 32.9 Å². The zero-order valence-corrected chi connectivity index (χ0v) is 25.8. The second-order valence-corrected chi connectivity index (χ2v) is 11.0. The van der Waals surface area contributed by atoms with E-state index in [1.54, 1.807) is 0 Å². The number of pyridine rings is 1. The Bertz CT molecular complexity index is 2050. The van der Waals surface area contributed by atoms with Gasteiger partial charge in [0.2, 0.25) is 0 Å². The van der Waals surface area contributed by atoms with Crippen LogP contribution < -0.4 is 25.5 Å². The van der Waals surface area contributed by atoms with Crippen LogP contribution in [0, 0.1) is 18.8 Å². The summed E-state index contributed by atoms with van der Waals surface area (Å²) in [5, 5.41) is 0. The van der Waals surface area contributed by atoms with E-state index >= 15 is 0 Å². The van der Waals surface area contributed by atoms with Crippen LogP contribution in [-0.4, -0.2) is 11.8 Å². The van der Waals surface area contributed by atoms with Crippen molar-refractivity contribution >= 4 is 40.5 Å². The number of aromatic nitrogens is 1. The number of fused-ring (bicyclic) bond motifs is 11. The molecule has 4 heterocycles. The fraction of sp³-hybridized carbons (Fsp3) is 0. The van der Waals surface area contributed by atoms with E-state index in [4.69, 9.17) is 0 Å². The standard InChI is InChI=1S/C38H24BN4.Pt/c1-2-10-28(11-3-1)41-22-23-42(26-41)29-18-20-33-31-13-5-7-15-35(31)39-34-14-6-4-12-30(34)32-19-17-27(36-16-8-9-21-40-36)24-37(32)43(39)38(33)25-29;/h1-23,26H;/q-3;. The monoisotopic (exact) mass is 742 g/mol. The Kier molecular flexibility index (Phi) is 6.50. The summed E-state index contributed by atoms with van der Waals surface area (Å²) >= 11 is 0. The Morgan fingerprint density at radius 3 is 1.93 bits per heavy atom. The minimum atomic E-state index is -0.00644. The van der Waals surface area contributed by atoms with Crippen molar-refractivity contribution in [3.63, 3.8) is 0 Å². The molecule has 212 valence electrons. The Hall–Kier alpha value is -4.86. The fourth-order valence-corrected chi connectivity index (χ4v) is 6.62. The molecule has 9 rings (SSSR count). The van der Waals surface area contributed by atoms with Crippen molar-refractivity contribution in [2.45, 2.75) is 0 Å². The number of hydrogen-bond donors (Lipinski definition) is 0. The van der Waals surface area contributed by atoms with Gasteiger partial charge in [0.15, 0.2) is 0 Å². The predicted octanol–water partition coefficient (Wildman–Crippen LogP) is 7.17. The Morgan fingerprint density at radius 2 is 1.20 bits per heavy atom. The molecule has 0 spiro atoms. The third kappa shape index (κ3) is 4.15. The van der Waals surface area contributed by atoms with Crippen molar-refractivity contribution in [3.05, 3.63) is 159 Å². The van der Waals surface area contributed by atoms with Crippen molar-refractivity contribution in [1.82, 2.24) is 4.98 Å². The van der Waals surface area contributed by atoms with E-state index in [0.29, 0.717) is 0 Å². The normalized spacial score (nSPS) is 13.8. The van der Waals surface area contributed by atoms with Crippen LogP contribution in [0.4, 0.5) is 22.7 Å². The van der Waals surface area contributed by atoms with Crippen LogP contribution in [0.15, 0.2) is 140 Å². The molecule has 0 bridgehead atoms. The van der Waals surface area contributed by atoms with Gasteiger partial charge >= 0.3 is 6.85 Å². The van der Waals surface area contributed by atoms with Crippen molar-refractivity contribution in [3.8, 4) is 33.5 Å². The van der Waals surface area contributed by atoms with Gasteiger partial charge in [0.1, 0.15) is 0 Å². The smallest absolute Gasteiger partial charge is 0.324 e. The molecule has 44 heavy (non-hydrogen) atoms. The molecule has 6 heteroatoms. The number of hydrogen-bond acceptors (Lipinski definition) is 4. The maximum Gasteiger partial charge on any atom is 0.324 e. The van der Waals surface area contributed by atoms with E-state index in [0.717, 1.165) is 34.0 Å². The van der Waals surface area contributed by atoms with Gasteiger partial charge in [-0.05, 0) is 36.3 Å². The van der Waals surface area contributed by atoms with Crippen molar-refractivity contribution < 1.29 is 21.1 Å². The summed E-state index contributed by atoms with van der Waals surface area (Å²) < 4.78 is 0. The molecule has 4 nitrogen and oxygen atoms in total. The molecular formula is C38H24BN4Pt-3. The molecule has 3 aliphatic rings. The van der Waals surface area contributed by atoms with E-state index < -0.39 is 0 Å². The number of rotatable bonds is 3. The molecule has 0 saturated carbocycles. The second kappa shape index (κ2) is 10.7. The SMILES string of the molecule is [Pt].[c-]1c(-c2ccccn2)ccc2c1N1B(c3ccccc3-2)c2ccccc2-c2ccc(N3C=CN(c4ccccc4)[CH-]3)[c-]c21. The Morgan fingerprint density at radius 1 is 0.568 bits per heavy atom. The molecule has 0 aliphatic carbocycles. The summed E-state index contributed by atoms with van der Waals surface area (Å²) in [6.07, 6.45) is 6.01. The van der Waals surface area contributed by atoms with Gasteiger partial charge in [-0.25, -0.2) is 0 Å². The minimum Gasteiger partial charge on any atom is -0.500 e. The van der Waals surface area contributed by atoms with Crippen LogP contribution in [0.3, 0.4) is 0 Å². The summed E-state index contributed by atoms with van der Waals surface area (Å²) in [7, 11) is 0. The fourth-order valence-electron chi connectivity index (χ4n) is 6.62. The van der Waals surface area contributed by atoms with Gasteiger partial charge < -0.3 is 19.6 Å². The van der Waals surface area contributed by atoms with Gasteiger partial charge in [-0.15, -0.1) is 53.8 Å². The maximum absolute atomic E-state index is 4.64. The molecule has 6 aromatic rings. The third-order valence-corrected chi connectivity index (χ3v) is 8.58. The molecular weight excluding hydrogens is 718 g/mol. The van der Waals surface area contributed by atoms with Crippen molar-refractivity contribution in [2.75, 3.05) is 14.6 Å². The summed E-state index contributed by atoms with van der Waals surface area (Å²) in [6, 6.07) is 50.4. The quantitative estimate of drug-likeness (QED) is 0.142. The van der Waals surface area contributed by atoms with Crippen LogP contribution in [0.25, 0.3) is 33.5 Å². The molecule has 0 amide bonds. The summed E-state index contributed by atoms with van der Waals surface area (Å²) in [6.45, 7) is 2.10. The summed E-state index contributed by atoms with van der Waals surface area (Å²) in [4.78, 5) is 11.4. The van der Waals surface area contributed by atoms with E-state index in [1.165, 1.54) is 33.2 Å². The number of anilines is 4. The van der Waals surface area contributed by atoms with E-state index in [9.17, 15) is 0 Å². The third-order valence-electron chi connectivity index (χ3n) is 8.58. The van der Waals surface area contributed by atoms with Gasteiger partial charge in [-0.1, -0.05) is 118 Å². The summed E-state index contributed by atoms with van der Waals surface area (Å²) in [5.41, 5.74) is 13.5. The summed E-state index contributed by atoms with van der Waals surface area (Å²) in [5.74, 6) is 0. The average molecular weight is 743 g/mol.